The van der Waals surface area contributed by atoms with Crippen molar-refractivity contribution >= 4 is 6.47 Å². The molecule has 18 heavy (non-hydrogen) atoms. The fraction of sp³-hybridized carbons (Fsp3) is 0.929. The van der Waals surface area contributed by atoms with Gasteiger partial charge in [0, 0.05) is 13.7 Å². The van der Waals surface area contributed by atoms with Gasteiger partial charge in [0.2, 0.25) is 0 Å². The number of hydrogen-bond donors (Lipinski definition) is 0. The van der Waals surface area contributed by atoms with Gasteiger partial charge >= 0.3 is 0 Å². The van der Waals surface area contributed by atoms with Crippen LogP contribution in [0.15, 0.2) is 0 Å². The van der Waals surface area contributed by atoms with Crippen LogP contribution >= 0.6 is 0 Å². The maximum atomic E-state index is 10.1. The molecule has 0 radical (unpaired) electrons. The molecule has 1 aliphatic rings. The molecular weight excluding hydrogens is 232 g/mol. The second kappa shape index (κ2) is 9.34. The van der Waals surface area contributed by atoms with E-state index in [1.807, 2.05) is 0 Å². The molecule has 106 valence electrons. The standard InChI is InChI=1S/C14H26O4/c1-3-12-4-6-13(7-5-12)8-17-9-14(16-2)10-18-11-15/h11-14H,3-10H2,1-2H3. The highest BCUT2D eigenvalue weighted by Crippen LogP contribution is 2.30. The van der Waals surface area contributed by atoms with Crippen LogP contribution < -0.4 is 0 Å². The van der Waals surface area contributed by atoms with Crippen LogP contribution in [0.25, 0.3) is 0 Å². The van der Waals surface area contributed by atoms with Crippen LogP contribution in [0.5, 0.6) is 0 Å². The summed E-state index contributed by atoms with van der Waals surface area (Å²) in [7, 11) is 1.61. The second-order valence-corrected chi connectivity index (χ2v) is 5.12. The number of carbonyl (C=O) groups is 1. The molecule has 4 nitrogen and oxygen atoms in total. The molecule has 1 aliphatic carbocycles. The molecule has 0 aromatic carbocycles. The number of hydrogen-bond acceptors (Lipinski definition) is 4. The van der Waals surface area contributed by atoms with Gasteiger partial charge in [-0.15, -0.1) is 0 Å². The van der Waals surface area contributed by atoms with Crippen LogP contribution in [0.4, 0.5) is 0 Å². The second-order valence-electron chi connectivity index (χ2n) is 5.12. The van der Waals surface area contributed by atoms with Crippen LogP contribution in [0.2, 0.25) is 0 Å². The summed E-state index contributed by atoms with van der Waals surface area (Å²) in [5, 5.41) is 0. The Hall–Kier alpha value is -0.610. The molecule has 1 saturated carbocycles. The third-order valence-corrected chi connectivity index (χ3v) is 3.88. The highest BCUT2D eigenvalue weighted by atomic mass is 16.6. The molecule has 0 heterocycles. The van der Waals surface area contributed by atoms with E-state index in [-0.39, 0.29) is 12.7 Å². The topological polar surface area (TPSA) is 44.8 Å². The van der Waals surface area contributed by atoms with Gasteiger partial charge in [-0.2, -0.15) is 0 Å². The fourth-order valence-electron chi connectivity index (χ4n) is 2.50. The van der Waals surface area contributed by atoms with E-state index in [1.54, 1.807) is 7.11 Å². The monoisotopic (exact) mass is 258 g/mol. The first-order valence-electron chi connectivity index (χ1n) is 6.95. The zero-order valence-electron chi connectivity index (χ0n) is 11.6. The maximum absolute atomic E-state index is 10.1. The summed E-state index contributed by atoms with van der Waals surface area (Å²) in [5.41, 5.74) is 0. The lowest BCUT2D eigenvalue weighted by Crippen LogP contribution is -2.26. The van der Waals surface area contributed by atoms with E-state index >= 15 is 0 Å². The Morgan fingerprint density at radius 1 is 1.17 bits per heavy atom. The van der Waals surface area contributed by atoms with Crippen molar-refractivity contribution in [2.45, 2.75) is 45.1 Å². The molecule has 0 aromatic rings. The summed E-state index contributed by atoms with van der Waals surface area (Å²) >= 11 is 0. The number of methoxy groups -OCH3 is 1. The molecule has 0 aliphatic heterocycles. The lowest BCUT2D eigenvalue weighted by Gasteiger charge is -2.28. The molecule has 0 N–H and O–H groups in total. The summed E-state index contributed by atoms with van der Waals surface area (Å²) in [5.74, 6) is 1.62. The molecule has 1 fully saturated rings. The first-order chi connectivity index (χ1) is 8.80. The normalized spacial score (nSPS) is 25.7. The van der Waals surface area contributed by atoms with Gasteiger partial charge in [0.05, 0.1) is 6.61 Å². The van der Waals surface area contributed by atoms with Gasteiger partial charge in [-0.3, -0.25) is 4.79 Å². The Morgan fingerprint density at radius 2 is 1.83 bits per heavy atom. The van der Waals surface area contributed by atoms with Gasteiger partial charge in [-0.05, 0) is 24.7 Å². The van der Waals surface area contributed by atoms with Crippen molar-refractivity contribution in [3.63, 3.8) is 0 Å². The van der Waals surface area contributed by atoms with Gasteiger partial charge in [0.25, 0.3) is 6.47 Å². The Morgan fingerprint density at radius 3 is 2.39 bits per heavy atom. The van der Waals surface area contributed by atoms with Crippen LogP contribution in [-0.2, 0) is 19.0 Å². The third kappa shape index (κ3) is 5.83. The van der Waals surface area contributed by atoms with E-state index in [1.165, 1.54) is 32.1 Å². The summed E-state index contributed by atoms with van der Waals surface area (Å²) < 4.78 is 15.5. The molecule has 0 spiro atoms. The minimum absolute atomic E-state index is 0.151. The summed E-state index contributed by atoms with van der Waals surface area (Å²) in [4.78, 5) is 10.1. The molecule has 1 unspecified atom stereocenters. The predicted octanol–water partition coefficient (Wildman–Crippen LogP) is 2.41. The van der Waals surface area contributed by atoms with Crippen molar-refractivity contribution in [2.75, 3.05) is 26.9 Å². The zero-order chi connectivity index (χ0) is 13.2. The average molecular weight is 258 g/mol. The lowest BCUT2D eigenvalue weighted by atomic mass is 9.81. The minimum atomic E-state index is -0.151. The molecule has 0 amide bonds. The van der Waals surface area contributed by atoms with E-state index < -0.39 is 0 Å². The highest BCUT2D eigenvalue weighted by Gasteiger charge is 2.20. The minimum Gasteiger partial charge on any atom is -0.465 e. The van der Waals surface area contributed by atoms with E-state index in [2.05, 4.69) is 11.7 Å². The van der Waals surface area contributed by atoms with E-state index in [9.17, 15) is 4.79 Å². The SMILES string of the molecule is CCC1CCC(COCC(COC=O)OC)CC1. The van der Waals surface area contributed by atoms with Crippen LogP contribution in [0.1, 0.15) is 39.0 Å². The van der Waals surface area contributed by atoms with Gasteiger partial charge < -0.3 is 14.2 Å². The van der Waals surface area contributed by atoms with E-state index in [4.69, 9.17) is 9.47 Å². The Balaban J connectivity index is 2.08. The highest BCUT2D eigenvalue weighted by molar-refractivity contribution is 5.36. The van der Waals surface area contributed by atoms with Gasteiger partial charge in [0.1, 0.15) is 12.7 Å². The molecule has 0 saturated heterocycles. The van der Waals surface area contributed by atoms with Crippen molar-refractivity contribution < 1.29 is 19.0 Å². The molecule has 0 bridgehead atoms. The molecule has 0 aromatic heterocycles. The Bertz CT molecular complexity index is 212. The quantitative estimate of drug-likeness (QED) is 0.596. The summed E-state index contributed by atoms with van der Waals surface area (Å²) in [6.45, 7) is 4.29. The number of carbonyl (C=O) groups excluding carboxylic acids is 1. The van der Waals surface area contributed by atoms with E-state index in [0.29, 0.717) is 19.0 Å². The Labute approximate surface area is 110 Å². The first kappa shape index (κ1) is 15.4. The van der Waals surface area contributed by atoms with Crippen molar-refractivity contribution in [1.29, 1.82) is 0 Å². The van der Waals surface area contributed by atoms with Gasteiger partial charge in [-0.25, -0.2) is 0 Å². The molecule has 1 atom stereocenters. The average Bonchev–Trinajstić information content (AvgIpc) is 2.43. The van der Waals surface area contributed by atoms with Crippen molar-refractivity contribution in [3.05, 3.63) is 0 Å². The number of rotatable bonds is 9. The van der Waals surface area contributed by atoms with Crippen molar-refractivity contribution in [2.24, 2.45) is 11.8 Å². The molecule has 4 heteroatoms. The summed E-state index contributed by atoms with van der Waals surface area (Å²) in [6.07, 6.45) is 6.39. The summed E-state index contributed by atoms with van der Waals surface area (Å²) in [6, 6.07) is 0. The third-order valence-electron chi connectivity index (χ3n) is 3.88. The first-order valence-corrected chi connectivity index (χ1v) is 6.95. The van der Waals surface area contributed by atoms with Crippen LogP contribution in [0, 0.1) is 11.8 Å². The lowest BCUT2D eigenvalue weighted by molar-refractivity contribution is -0.133. The Kier molecular flexibility index (Phi) is 8.01. The maximum Gasteiger partial charge on any atom is 0.293 e. The van der Waals surface area contributed by atoms with Gasteiger partial charge in [-0.1, -0.05) is 26.2 Å². The predicted molar refractivity (Wildman–Crippen MR) is 69.4 cm³/mol. The molecular formula is C14H26O4. The van der Waals surface area contributed by atoms with Crippen molar-refractivity contribution in [1.82, 2.24) is 0 Å². The van der Waals surface area contributed by atoms with Crippen LogP contribution in [0.3, 0.4) is 0 Å². The zero-order valence-corrected chi connectivity index (χ0v) is 11.6. The van der Waals surface area contributed by atoms with Crippen molar-refractivity contribution in [3.8, 4) is 0 Å². The molecule has 1 rings (SSSR count). The number of ether oxygens (including phenoxy) is 3. The fourth-order valence-corrected chi connectivity index (χ4v) is 2.50. The van der Waals surface area contributed by atoms with Crippen LogP contribution in [-0.4, -0.2) is 39.5 Å². The smallest absolute Gasteiger partial charge is 0.293 e. The van der Waals surface area contributed by atoms with Gasteiger partial charge in [0.15, 0.2) is 0 Å². The largest absolute Gasteiger partial charge is 0.465 e. The van der Waals surface area contributed by atoms with E-state index in [0.717, 1.165) is 12.5 Å².